The molecular formula is C21H24F5N5O4S. The van der Waals surface area contributed by atoms with E-state index in [4.69, 9.17) is 9.88 Å². The Hall–Kier alpha value is -3.07. The first-order valence-electron chi connectivity index (χ1n) is 10.9. The Morgan fingerprint density at radius 1 is 1.14 bits per heavy atom. The van der Waals surface area contributed by atoms with Crippen molar-refractivity contribution in [1.82, 2.24) is 15.3 Å². The van der Waals surface area contributed by atoms with Crippen molar-refractivity contribution in [1.29, 1.82) is 0 Å². The van der Waals surface area contributed by atoms with Crippen LogP contribution in [0.15, 0.2) is 29.4 Å². The molecule has 1 amide bonds. The molecule has 9 nitrogen and oxygen atoms in total. The van der Waals surface area contributed by atoms with Crippen LogP contribution in [-0.2, 0) is 14.8 Å². The maximum absolute atomic E-state index is 14.2. The summed E-state index contributed by atoms with van der Waals surface area (Å²) in [7, 11) is -4.29. The smallest absolute Gasteiger partial charge is 0.407 e. The fourth-order valence-electron chi connectivity index (χ4n) is 3.86. The highest BCUT2D eigenvalue weighted by atomic mass is 32.2. The monoisotopic (exact) mass is 537 g/mol. The molecule has 1 saturated carbocycles. The normalized spacial score (nSPS) is 19.4. The van der Waals surface area contributed by atoms with E-state index in [1.54, 1.807) is 0 Å². The van der Waals surface area contributed by atoms with E-state index >= 15 is 0 Å². The third kappa shape index (κ3) is 7.71. The highest BCUT2D eigenvalue weighted by Gasteiger charge is 2.31. The van der Waals surface area contributed by atoms with Gasteiger partial charge in [-0.1, -0.05) is 0 Å². The summed E-state index contributed by atoms with van der Waals surface area (Å²) in [5.41, 5.74) is 0.100. The van der Waals surface area contributed by atoms with E-state index in [2.05, 4.69) is 20.6 Å². The van der Waals surface area contributed by atoms with Crippen LogP contribution in [0.2, 0.25) is 0 Å². The summed E-state index contributed by atoms with van der Waals surface area (Å²) >= 11 is 0. The van der Waals surface area contributed by atoms with Gasteiger partial charge >= 0.3 is 12.3 Å². The molecule has 0 saturated heterocycles. The predicted octanol–water partition coefficient (Wildman–Crippen LogP) is 4.24. The van der Waals surface area contributed by atoms with Gasteiger partial charge in [0.15, 0.2) is 11.6 Å². The number of amides is 1. The molecule has 1 atom stereocenters. The van der Waals surface area contributed by atoms with Gasteiger partial charge in [0, 0.05) is 18.4 Å². The molecule has 0 radical (unpaired) electrons. The van der Waals surface area contributed by atoms with Crippen LogP contribution in [0, 0.1) is 11.6 Å². The molecule has 15 heteroatoms. The van der Waals surface area contributed by atoms with Gasteiger partial charge in [-0.15, -0.1) is 0 Å². The van der Waals surface area contributed by atoms with Gasteiger partial charge in [0.2, 0.25) is 16.0 Å². The van der Waals surface area contributed by atoms with Crippen LogP contribution in [0.5, 0.6) is 0 Å². The van der Waals surface area contributed by atoms with E-state index < -0.39 is 63.1 Å². The first kappa shape index (κ1) is 27.5. The highest BCUT2D eigenvalue weighted by molar-refractivity contribution is 7.89. The zero-order valence-corrected chi connectivity index (χ0v) is 19.8. The van der Waals surface area contributed by atoms with Gasteiger partial charge in [0.1, 0.15) is 11.8 Å². The fourth-order valence-corrected chi connectivity index (χ4v) is 4.39. The van der Waals surface area contributed by atoms with Crippen LogP contribution in [0.3, 0.4) is 0 Å². The molecule has 1 aliphatic carbocycles. The van der Waals surface area contributed by atoms with Gasteiger partial charge in [-0.25, -0.2) is 37.1 Å². The van der Waals surface area contributed by atoms with Gasteiger partial charge in [-0.2, -0.15) is 13.2 Å². The van der Waals surface area contributed by atoms with Crippen molar-refractivity contribution in [2.24, 2.45) is 5.14 Å². The number of alkyl halides is 3. The lowest BCUT2D eigenvalue weighted by Crippen LogP contribution is -2.38. The molecule has 1 fully saturated rings. The summed E-state index contributed by atoms with van der Waals surface area (Å²) in [6.07, 6.45) is -1.76. The molecule has 1 aliphatic rings. The third-order valence-electron chi connectivity index (χ3n) is 5.57. The topological polar surface area (TPSA) is 136 Å². The lowest BCUT2D eigenvalue weighted by Gasteiger charge is -2.28. The quantitative estimate of drug-likeness (QED) is 0.450. The number of nitrogens with one attached hydrogen (secondary N) is 2. The van der Waals surface area contributed by atoms with Crippen LogP contribution in [0.25, 0.3) is 0 Å². The zero-order chi connectivity index (χ0) is 26.7. The number of carbonyl (C=O) groups excluding carboxylic acids is 1. The molecule has 1 heterocycles. The van der Waals surface area contributed by atoms with Crippen LogP contribution < -0.4 is 15.8 Å². The number of anilines is 2. The lowest BCUT2D eigenvalue weighted by molar-refractivity contribution is -0.138. The number of nitrogens with two attached hydrogens (primary N) is 1. The minimum Gasteiger partial charge on any atom is -0.446 e. The van der Waals surface area contributed by atoms with E-state index in [9.17, 15) is 35.2 Å². The van der Waals surface area contributed by atoms with Crippen molar-refractivity contribution in [3.63, 3.8) is 0 Å². The first-order valence-corrected chi connectivity index (χ1v) is 12.4. The van der Waals surface area contributed by atoms with E-state index in [0.717, 1.165) is 5.56 Å². The minimum atomic E-state index is -4.39. The van der Waals surface area contributed by atoms with E-state index in [1.807, 2.05) is 0 Å². The lowest BCUT2D eigenvalue weighted by atomic mass is 9.84. The number of nitrogens with zero attached hydrogens (tertiary/aromatic N) is 2. The Morgan fingerprint density at radius 3 is 2.19 bits per heavy atom. The summed E-state index contributed by atoms with van der Waals surface area (Å²) in [5, 5.41) is 9.42. The molecule has 4 N–H and O–H groups in total. The molecule has 1 aromatic heterocycles. The van der Waals surface area contributed by atoms with Gasteiger partial charge in [-0.05, 0) is 56.2 Å². The van der Waals surface area contributed by atoms with Gasteiger partial charge in [-0.3, -0.25) is 0 Å². The molecule has 198 valence electrons. The number of primary sulfonamides is 1. The molecule has 2 aromatic rings. The van der Waals surface area contributed by atoms with Crippen molar-refractivity contribution < 1.29 is 39.9 Å². The van der Waals surface area contributed by atoms with Gasteiger partial charge < -0.3 is 15.4 Å². The number of rotatable bonds is 7. The largest absolute Gasteiger partial charge is 0.446 e. The Morgan fingerprint density at radius 2 is 1.69 bits per heavy atom. The molecule has 0 spiro atoms. The number of hydrogen-bond donors (Lipinski definition) is 3. The fraction of sp³-hybridized carbons (Fsp3) is 0.476. The van der Waals surface area contributed by atoms with Crippen LogP contribution >= 0.6 is 0 Å². The molecule has 3 rings (SSSR count). The van der Waals surface area contributed by atoms with Crippen LogP contribution in [-0.4, -0.2) is 42.8 Å². The highest BCUT2D eigenvalue weighted by Crippen LogP contribution is 2.34. The summed E-state index contributed by atoms with van der Waals surface area (Å²) in [4.78, 5) is 19.2. The molecule has 0 aliphatic heterocycles. The maximum atomic E-state index is 14.2. The number of ether oxygens (including phenoxy) is 1. The molecular weight excluding hydrogens is 513 g/mol. The van der Waals surface area contributed by atoms with Crippen LogP contribution in [0.1, 0.15) is 50.5 Å². The summed E-state index contributed by atoms with van der Waals surface area (Å²) in [6.45, 7) is 1.24. The van der Waals surface area contributed by atoms with Crippen LogP contribution in [0.4, 0.5) is 38.4 Å². The standard InChI is InChI=1S/C21H24F5N5O4S/c1-11(8-21(24,25)26)30-20(32)35-14-4-2-12(3-5-14)13-9-28-19(29-10-13)31-18-16(22)6-15(7-17(18)23)36(27,33)34/h6-7,9-12,14H,2-5,8H2,1H3,(H,30,32)(H2,27,33,34)(H,28,29,31)/t11-,12?,14?/m0/s1. The number of alkyl carbamates (subject to hydrolysis) is 1. The van der Waals surface area contributed by atoms with E-state index in [1.165, 1.54) is 19.3 Å². The Kier molecular flexibility index (Phi) is 8.33. The molecule has 36 heavy (non-hydrogen) atoms. The molecule has 1 aromatic carbocycles. The minimum absolute atomic E-state index is 0.0219. The maximum Gasteiger partial charge on any atom is 0.407 e. The van der Waals surface area contributed by atoms with Crippen molar-refractivity contribution in [3.05, 3.63) is 41.7 Å². The summed E-state index contributed by atoms with van der Waals surface area (Å²) < 4.78 is 93.3. The van der Waals surface area contributed by atoms with Crippen molar-refractivity contribution in [2.45, 2.75) is 68.2 Å². The van der Waals surface area contributed by atoms with E-state index in [0.29, 0.717) is 37.8 Å². The summed E-state index contributed by atoms with van der Waals surface area (Å²) in [6, 6.07) is 0.0476. The average molecular weight is 538 g/mol. The average Bonchev–Trinajstić information content (AvgIpc) is 2.75. The second kappa shape index (κ2) is 10.9. The third-order valence-corrected chi connectivity index (χ3v) is 6.47. The number of benzene rings is 1. The number of hydrogen-bond acceptors (Lipinski definition) is 7. The number of sulfonamides is 1. The second-order valence-electron chi connectivity index (χ2n) is 8.52. The van der Waals surface area contributed by atoms with Crippen molar-refractivity contribution in [3.8, 4) is 0 Å². The number of aromatic nitrogens is 2. The first-order chi connectivity index (χ1) is 16.7. The van der Waals surface area contributed by atoms with Crippen molar-refractivity contribution in [2.75, 3.05) is 5.32 Å². The number of halogens is 5. The molecule has 0 bridgehead atoms. The van der Waals surface area contributed by atoms with Gasteiger partial charge in [0.25, 0.3) is 0 Å². The Labute approximate surface area is 203 Å². The summed E-state index contributed by atoms with van der Waals surface area (Å²) in [5.74, 6) is -2.49. The Bertz CT molecular complexity index is 1160. The SMILES string of the molecule is C[C@@H](CC(F)(F)F)NC(=O)OC1CCC(c2cnc(Nc3c(F)cc(S(N)(=O)=O)cc3F)nc2)CC1. The van der Waals surface area contributed by atoms with E-state index in [-0.39, 0.29) is 11.9 Å². The second-order valence-corrected chi connectivity index (χ2v) is 10.1. The van der Waals surface area contributed by atoms with Gasteiger partial charge in [0.05, 0.1) is 11.3 Å². The Balaban J connectivity index is 1.53. The number of carbonyl (C=O) groups is 1. The molecule has 0 unspecified atom stereocenters. The van der Waals surface area contributed by atoms with Crippen molar-refractivity contribution >= 4 is 27.8 Å². The predicted molar refractivity (Wildman–Crippen MR) is 118 cm³/mol. The zero-order valence-electron chi connectivity index (χ0n) is 19.0.